The lowest BCUT2D eigenvalue weighted by molar-refractivity contribution is -0.140. The van der Waals surface area contributed by atoms with Gasteiger partial charge in [0.25, 0.3) is 0 Å². The largest absolute Gasteiger partial charge is 0.462 e. The summed E-state index contributed by atoms with van der Waals surface area (Å²) in [4.78, 5) is 32.8. The van der Waals surface area contributed by atoms with Gasteiger partial charge in [-0.05, 0) is 24.6 Å². The first kappa shape index (κ1) is 19.2. The molecule has 0 unspecified atom stereocenters. The highest BCUT2D eigenvalue weighted by Crippen LogP contribution is 2.28. The van der Waals surface area contributed by atoms with Crippen molar-refractivity contribution in [2.75, 3.05) is 32.9 Å². The molecule has 9 nitrogen and oxygen atoms in total. The maximum Gasteiger partial charge on any atom is 0.347 e. The molecule has 2 aromatic heterocycles. The van der Waals surface area contributed by atoms with Crippen LogP contribution in [0.1, 0.15) is 18.9 Å². The molecule has 2 aromatic rings. The molecule has 0 amide bonds. The van der Waals surface area contributed by atoms with Crippen LogP contribution in [0, 0.1) is 0 Å². The molecule has 4 rings (SSSR count). The van der Waals surface area contributed by atoms with Crippen LogP contribution in [0.2, 0.25) is 0 Å². The second kappa shape index (κ2) is 8.46. The maximum absolute atomic E-state index is 13.0. The van der Waals surface area contributed by atoms with E-state index < -0.39 is 11.8 Å². The quantitative estimate of drug-likeness (QED) is 0.429. The number of morpholine rings is 1. The molecule has 2 aliphatic heterocycles. The van der Waals surface area contributed by atoms with Gasteiger partial charge in [-0.3, -0.25) is 10.2 Å². The summed E-state index contributed by atoms with van der Waals surface area (Å²) in [7, 11) is 0. The molecule has 0 atom stereocenters. The van der Waals surface area contributed by atoms with Gasteiger partial charge in [-0.2, -0.15) is 0 Å². The van der Waals surface area contributed by atoms with E-state index in [2.05, 4.69) is 15.4 Å². The lowest BCUT2D eigenvalue weighted by atomic mass is 10.1. The number of aromatic nitrogens is 2. The zero-order chi connectivity index (χ0) is 20.2. The predicted octanol–water partition coefficient (Wildman–Crippen LogP) is 1.50. The molecule has 2 N–H and O–H groups in total. The summed E-state index contributed by atoms with van der Waals surface area (Å²) in [6, 6.07) is 3.70. The van der Waals surface area contributed by atoms with Gasteiger partial charge in [-0.1, -0.05) is 6.92 Å². The van der Waals surface area contributed by atoms with Crippen LogP contribution in [0.3, 0.4) is 0 Å². The Labute approximate surface area is 167 Å². The van der Waals surface area contributed by atoms with Gasteiger partial charge in [0.1, 0.15) is 5.65 Å². The number of hydrogen-bond donors (Lipinski definition) is 2. The molecule has 0 spiro atoms. The number of esters is 1. The Morgan fingerprint density at radius 1 is 1.41 bits per heavy atom. The maximum atomic E-state index is 13.0. The zero-order valence-electron chi connectivity index (χ0n) is 16.1. The number of nitrogens with zero attached hydrogens (tertiary/aromatic N) is 2. The fourth-order valence-electron chi connectivity index (χ4n) is 3.12. The molecule has 0 saturated carbocycles. The Balaban J connectivity index is 1.63. The molecular weight excluding hydrogens is 376 g/mol. The van der Waals surface area contributed by atoms with Gasteiger partial charge in [0.05, 0.1) is 19.8 Å². The number of carbonyl (C=O) groups excluding carboxylic acids is 2. The first-order chi connectivity index (χ1) is 14.2. The van der Waals surface area contributed by atoms with Crippen molar-refractivity contribution >= 4 is 28.9 Å². The van der Waals surface area contributed by atoms with E-state index in [1.54, 1.807) is 18.5 Å². The Kier molecular flexibility index (Phi) is 5.59. The van der Waals surface area contributed by atoms with Gasteiger partial charge < -0.3 is 19.2 Å². The van der Waals surface area contributed by atoms with Crippen molar-refractivity contribution in [1.82, 2.24) is 20.4 Å². The molecule has 2 aliphatic rings. The van der Waals surface area contributed by atoms with Gasteiger partial charge in [-0.15, -0.1) is 0 Å². The summed E-state index contributed by atoms with van der Waals surface area (Å²) in [6.07, 6.45) is 5.68. The third-order valence-corrected chi connectivity index (χ3v) is 4.57. The SMILES string of the molecule is CCCOC(=O)C1=C(NN2CCOCC2)OC(=Cc2c[nH]c3ncccc23)C1=O. The minimum Gasteiger partial charge on any atom is -0.462 e. The third-order valence-electron chi connectivity index (χ3n) is 4.57. The van der Waals surface area contributed by atoms with Crippen molar-refractivity contribution in [3.63, 3.8) is 0 Å². The average Bonchev–Trinajstić information content (AvgIpc) is 3.28. The van der Waals surface area contributed by atoms with Gasteiger partial charge in [0, 0.05) is 36.4 Å². The molecule has 152 valence electrons. The molecule has 0 radical (unpaired) electrons. The number of ketones is 1. The first-order valence-electron chi connectivity index (χ1n) is 9.54. The Bertz CT molecular complexity index is 988. The number of H-pyrrole nitrogens is 1. The molecule has 0 aliphatic carbocycles. The van der Waals surface area contributed by atoms with E-state index >= 15 is 0 Å². The van der Waals surface area contributed by atoms with Crippen LogP contribution in [0.15, 0.2) is 41.7 Å². The van der Waals surface area contributed by atoms with Crippen LogP contribution in [0.25, 0.3) is 17.1 Å². The Morgan fingerprint density at radius 2 is 2.24 bits per heavy atom. The number of fused-ring (bicyclic) bond motifs is 1. The lowest BCUT2D eigenvalue weighted by Gasteiger charge is -2.27. The van der Waals surface area contributed by atoms with Gasteiger partial charge >= 0.3 is 5.97 Å². The number of Topliss-reactive ketones (excluding diaryl/α,β-unsaturated/α-hetero) is 1. The van der Waals surface area contributed by atoms with Crippen molar-refractivity contribution in [1.29, 1.82) is 0 Å². The number of nitrogens with one attached hydrogen (secondary N) is 2. The van der Waals surface area contributed by atoms with E-state index in [1.807, 2.05) is 24.1 Å². The third kappa shape index (κ3) is 4.01. The minimum absolute atomic E-state index is 0.0500. The van der Waals surface area contributed by atoms with Crippen LogP contribution in [0.5, 0.6) is 0 Å². The zero-order valence-corrected chi connectivity index (χ0v) is 16.1. The molecule has 1 fully saturated rings. The van der Waals surface area contributed by atoms with E-state index in [4.69, 9.17) is 14.2 Å². The normalized spacial score (nSPS) is 19.1. The lowest BCUT2D eigenvalue weighted by Crippen LogP contribution is -2.45. The molecule has 9 heteroatoms. The summed E-state index contributed by atoms with van der Waals surface area (Å²) < 4.78 is 16.3. The molecule has 29 heavy (non-hydrogen) atoms. The summed E-state index contributed by atoms with van der Waals surface area (Å²) in [5.41, 5.74) is 4.34. The van der Waals surface area contributed by atoms with E-state index in [-0.39, 0.29) is 23.8 Å². The van der Waals surface area contributed by atoms with Crippen LogP contribution >= 0.6 is 0 Å². The molecule has 1 saturated heterocycles. The number of hydrazine groups is 1. The van der Waals surface area contributed by atoms with Crippen molar-refractivity contribution in [3.8, 4) is 0 Å². The number of allylic oxidation sites excluding steroid dienone is 1. The number of rotatable bonds is 6. The van der Waals surface area contributed by atoms with Gasteiger partial charge in [0.2, 0.25) is 11.7 Å². The predicted molar refractivity (Wildman–Crippen MR) is 104 cm³/mol. The number of pyridine rings is 1. The van der Waals surface area contributed by atoms with E-state index in [1.165, 1.54) is 0 Å². The molecule has 0 aromatic carbocycles. The minimum atomic E-state index is -0.698. The highest BCUT2D eigenvalue weighted by atomic mass is 16.5. The Hall–Kier alpha value is -3.17. The van der Waals surface area contributed by atoms with Crippen molar-refractivity contribution in [2.45, 2.75) is 13.3 Å². The first-order valence-corrected chi connectivity index (χ1v) is 9.54. The van der Waals surface area contributed by atoms with Crippen LogP contribution < -0.4 is 5.43 Å². The fourth-order valence-corrected chi connectivity index (χ4v) is 3.12. The fraction of sp³-hybridized carbons (Fsp3) is 0.350. The summed E-state index contributed by atoms with van der Waals surface area (Å²) in [5, 5.41) is 2.69. The van der Waals surface area contributed by atoms with Gasteiger partial charge in [0.15, 0.2) is 11.3 Å². The van der Waals surface area contributed by atoms with E-state index in [0.717, 1.165) is 10.9 Å². The summed E-state index contributed by atoms with van der Waals surface area (Å²) >= 11 is 0. The number of carbonyl (C=O) groups is 2. The van der Waals surface area contributed by atoms with Crippen LogP contribution in [-0.2, 0) is 23.8 Å². The standard InChI is InChI=1S/C20H22N4O5/c1-2-8-28-20(26)16-17(25)15(29-19(16)23-24-6-9-27-10-7-24)11-13-12-22-18-14(13)4-3-5-21-18/h3-5,11-12,23H,2,6-10H2,1H3,(H,21,22). The van der Waals surface area contributed by atoms with Gasteiger partial charge in [-0.25, -0.2) is 14.8 Å². The topological polar surface area (TPSA) is 106 Å². The Morgan fingerprint density at radius 3 is 3.03 bits per heavy atom. The van der Waals surface area contributed by atoms with Crippen LogP contribution in [0.4, 0.5) is 0 Å². The number of hydrogen-bond acceptors (Lipinski definition) is 8. The second-order valence-corrected chi connectivity index (χ2v) is 6.63. The second-order valence-electron chi connectivity index (χ2n) is 6.63. The number of ether oxygens (including phenoxy) is 3. The molecular formula is C20H22N4O5. The molecule has 4 heterocycles. The van der Waals surface area contributed by atoms with Crippen molar-refractivity contribution in [3.05, 3.63) is 47.3 Å². The van der Waals surface area contributed by atoms with Crippen molar-refractivity contribution < 1.29 is 23.8 Å². The average molecular weight is 398 g/mol. The summed E-state index contributed by atoms with van der Waals surface area (Å²) in [6.45, 7) is 4.42. The number of aromatic amines is 1. The highest BCUT2D eigenvalue weighted by Gasteiger charge is 2.38. The smallest absolute Gasteiger partial charge is 0.347 e. The van der Waals surface area contributed by atoms with E-state index in [0.29, 0.717) is 38.4 Å². The van der Waals surface area contributed by atoms with Crippen LogP contribution in [-0.4, -0.2) is 59.6 Å². The summed E-state index contributed by atoms with van der Waals surface area (Å²) in [5.74, 6) is -1.08. The van der Waals surface area contributed by atoms with Crippen molar-refractivity contribution in [2.24, 2.45) is 0 Å². The highest BCUT2D eigenvalue weighted by molar-refractivity contribution is 6.26. The van der Waals surface area contributed by atoms with E-state index in [9.17, 15) is 9.59 Å². The molecule has 0 bridgehead atoms. The monoisotopic (exact) mass is 398 g/mol.